The number of hydrogen-bond donors (Lipinski definition) is 0. The standard InChI is InChI=1S/C23H29N3O4S2.ClH/c1-6-25(7-2)14-15-26(22(27)17-10-8-9-11-19(17)32(5,28)29)23-24-20-18(30-4)13-12-16(3)21(20)31-23;/h8-13H,6-7,14-15H2,1-5H3;1H. The molecule has 3 rings (SSSR count). The second-order valence-corrected chi connectivity index (χ2v) is 10.5. The van der Waals surface area contributed by atoms with E-state index in [2.05, 4.69) is 18.7 Å². The number of aromatic nitrogens is 1. The van der Waals surface area contributed by atoms with Crippen molar-refractivity contribution in [3.8, 4) is 5.75 Å². The molecule has 0 unspecified atom stereocenters. The van der Waals surface area contributed by atoms with Crippen molar-refractivity contribution in [3.63, 3.8) is 0 Å². The van der Waals surface area contributed by atoms with Gasteiger partial charge in [0.05, 0.1) is 22.3 Å². The minimum atomic E-state index is -3.57. The Labute approximate surface area is 205 Å². The summed E-state index contributed by atoms with van der Waals surface area (Å²) in [5.74, 6) is 0.259. The van der Waals surface area contributed by atoms with E-state index in [0.29, 0.717) is 29.5 Å². The lowest BCUT2D eigenvalue weighted by Gasteiger charge is -2.25. The van der Waals surface area contributed by atoms with Crippen LogP contribution in [0.3, 0.4) is 0 Å². The molecule has 1 aromatic heterocycles. The SMILES string of the molecule is CCN(CC)CCN(C(=O)c1ccccc1S(C)(=O)=O)c1nc2c(OC)ccc(C)c2s1.Cl. The summed E-state index contributed by atoms with van der Waals surface area (Å²) in [4.78, 5) is 22.3. The molecule has 1 heterocycles. The zero-order valence-corrected chi connectivity index (χ0v) is 21.9. The van der Waals surface area contributed by atoms with Gasteiger partial charge in [0.2, 0.25) is 0 Å². The third kappa shape index (κ3) is 5.84. The molecule has 0 atom stereocenters. The molecule has 0 radical (unpaired) electrons. The monoisotopic (exact) mass is 511 g/mol. The molecule has 0 bridgehead atoms. The van der Waals surface area contributed by atoms with Crippen molar-refractivity contribution < 1.29 is 17.9 Å². The molecule has 10 heteroatoms. The second-order valence-electron chi connectivity index (χ2n) is 7.51. The lowest BCUT2D eigenvalue weighted by molar-refractivity contribution is 0.0980. The average Bonchev–Trinajstić information content (AvgIpc) is 3.22. The minimum absolute atomic E-state index is 0. The summed E-state index contributed by atoms with van der Waals surface area (Å²) in [5.41, 5.74) is 1.89. The van der Waals surface area contributed by atoms with E-state index >= 15 is 0 Å². The van der Waals surface area contributed by atoms with Crippen LogP contribution in [0, 0.1) is 6.92 Å². The molecule has 0 aliphatic heterocycles. The van der Waals surface area contributed by atoms with Gasteiger partial charge in [-0.15, -0.1) is 12.4 Å². The predicted molar refractivity (Wildman–Crippen MR) is 137 cm³/mol. The lowest BCUT2D eigenvalue weighted by Crippen LogP contribution is -2.39. The number of thiazole rings is 1. The van der Waals surface area contributed by atoms with Crippen LogP contribution in [0.4, 0.5) is 5.13 Å². The van der Waals surface area contributed by atoms with Crippen LogP contribution in [0.15, 0.2) is 41.3 Å². The summed E-state index contributed by atoms with van der Waals surface area (Å²) in [7, 11) is -1.98. The molecule has 2 aromatic carbocycles. The summed E-state index contributed by atoms with van der Waals surface area (Å²) in [6.07, 6.45) is 1.12. The highest BCUT2D eigenvalue weighted by atomic mass is 35.5. The summed E-state index contributed by atoms with van der Waals surface area (Å²) in [5, 5.41) is 0.521. The number of nitrogens with zero attached hydrogens (tertiary/aromatic N) is 3. The minimum Gasteiger partial charge on any atom is -0.494 e. The van der Waals surface area contributed by atoms with Gasteiger partial charge in [-0.05, 0) is 43.8 Å². The quantitative estimate of drug-likeness (QED) is 0.423. The topological polar surface area (TPSA) is 79.8 Å². The van der Waals surface area contributed by atoms with E-state index in [-0.39, 0.29) is 28.8 Å². The highest BCUT2D eigenvalue weighted by Crippen LogP contribution is 2.37. The number of hydrogen-bond acceptors (Lipinski definition) is 7. The van der Waals surface area contributed by atoms with Crippen molar-refractivity contribution in [2.45, 2.75) is 25.7 Å². The number of fused-ring (bicyclic) bond motifs is 1. The Morgan fingerprint density at radius 3 is 2.36 bits per heavy atom. The predicted octanol–water partition coefficient (Wildman–Crippen LogP) is 4.43. The highest BCUT2D eigenvalue weighted by Gasteiger charge is 2.27. The van der Waals surface area contributed by atoms with Crippen LogP contribution < -0.4 is 9.64 Å². The van der Waals surface area contributed by atoms with Crippen LogP contribution in [0.5, 0.6) is 5.75 Å². The number of benzene rings is 2. The van der Waals surface area contributed by atoms with Crippen LogP contribution >= 0.6 is 23.7 Å². The fourth-order valence-corrected chi connectivity index (χ4v) is 5.51. The molecule has 0 N–H and O–H groups in total. The Kier molecular flexibility index (Phi) is 9.25. The van der Waals surface area contributed by atoms with E-state index < -0.39 is 9.84 Å². The Bertz CT molecular complexity index is 1220. The Morgan fingerprint density at radius 1 is 1.09 bits per heavy atom. The Hall–Kier alpha value is -2.20. The van der Waals surface area contributed by atoms with Gasteiger partial charge in [0.1, 0.15) is 11.3 Å². The number of anilines is 1. The first kappa shape index (κ1) is 27.0. The normalized spacial score (nSPS) is 11.5. The first-order valence-electron chi connectivity index (χ1n) is 10.5. The van der Waals surface area contributed by atoms with Gasteiger partial charge >= 0.3 is 0 Å². The van der Waals surface area contributed by atoms with Crippen molar-refractivity contribution in [3.05, 3.63) is 47.5 Å². The second kappa shape index (κ2) is 11.3. The molecule has 0 saturated heterocycles. The number of carbonyl (C=O) groups is 1. The first-order chi connectivity index (χ1) is 15.2. The van der Waals surface area contributed by atoms with Gasteiger partial charge in [-0.2, -0.15) is 0 Å². The number of methoxy groups -OCH3 is 1. The summed E-state index contributed by atoms with van der Waals surface area (Å²) in [6.45, 7) is 8.87. The van der Waals surface area contributed by atoms with Gasteiger partial charge in [0.25, 0.3) is 5.91 Å². The number of ether oxygens (including phenoxy) is 1. The van der Waals surface area contributed by atoms with Crippen molar-refractivity contribution in [1.29, 1.82) is 0 Å². The number of sulfone groups is 1. The van der Waals surface area contributed by atoms with Crippen LogP contribution in [0.2, 0.25) is 0 Å². The van der Waals surface area contributed by atoms with Crippen molar-refractivity contribution in [2.24, 2.45) is 0 Å². The van der Waals surface area contributed by atoms with E-state index in [4.69, 9.17) is 9.72 Å². The molecule has 0 aliphatic rings. The average molecular weight is 512 g/mol. The summed E-state index contributed by atoms with van der Waals surface area (Å²) < 4.78 is 31.1. The molecular weight excluding hydrogens is 482 g/mol. The molecule has 0 spiro atoms. The third-order valence-corrected chi connectivity index (χ3v) is 7.81. The number of amides is 1. The zero-order chi connectivity index (χ0) is 23.5. The van der Waals surface area contributed by atoms with Crippen LogP contribution in [-0.2, 0) is 9.84 Å². The number of aryl methyl sites for hydroxylation is 1. The van der Waals surface area contributed by atoms with Gasteiger partial charge in [-0.25, -0.2) is 13.4 Å². The summed E-state index contributed by atoms with van der Waals surface area (Å²) >= 11 is 1.41. The molecule has 180 valence electrons. The molecule has 0 fully saturated rings. The maximum atomic E-state index is 13.7. The highest BCUT2D eigenvalue weighted by molar-refractivity contribution is 7.90. The largest absolute Gasteiger partial charge is 0.494 e. The number of halogens is 1. The van der Waals surface area contributed by atoms with E-state index in [1.54, 1.807) is 30.2 Å². The van der Waals surface area contributed by atoms with Crippen LogP contribution in [0.25, 0.3) is 10.2 Å². The fraction of sp³-hybridized carbons (Fsp3) is 0.391. The van der Waals surface area contributed by atoms with Gasteiger partial charge in [-0.1, -0.05) is 43.4 Å². The number of rotatable bonds is 9. The molecule has 0 saturated carbocycles. The molecular formula is C23H30ClN3O4S2. The Morgan fingerprint density at radius 2 is 1.76 bits per heavy atom. The smallest absolute Gasteiger partial charge is 0.261 e. The third-order valence-electron chi connectivity index (χ3n) is 5.44. The van der Waals surface area contributed by atoms with Crippen molar-refractivity contribution >= 4 is 54.8 Å². The van der Waals surface area contributed by atoms with E-state index in [9.17, 15) is 13.2 Å². The lowest BCUT2D eigenvalue weighted by atomic mass is 10.2. The Balaban J connectivity index is 0.00000385. The summed E-state index contributed by atoms with van der Waals surface area (Å²) in [6, 6.07) is 10.2. The maximum absolute atomic E-state index is 13.7. The van der Waals surface area contributed by atoms with E-state index in [1.165, 1.54) is 17.4 Å². The molecule has 33 heavy (non-hydrogen) atoms. The molecule has 1 amide bonds. The van der Waals surface area contributed by atoms with Gasteiger partial charge < -0.3 is 9.64 Å². The van der Waals surface area contributed by atoms with Crippen LogP contribution in [0.1, 0.15) is 29.8 Å². The number of likely N-dealkylation sites (N-methyl/N-ethyl adjacent to an activating group) is 1. The van der Waals surface area contributed by atoms with Gasteiger partial charge in [-0.3, -0.25) is 9.69 Å². The van der Waals surface area contributed by atoms with E-state index in [1.807, 2.05) is 19.1 Å². The van der Waals surface area contributed by atoms with Gasteiger partial charge in [0, 0.05) is 19.3 Å². The first-order valence-corrected chi connectivity index (χ1v) is 13.2. The van der Waals surface area contributed by atoms with E-state index in [0.717, 1.165) is 29.6 Å². The molecule has 7 nitrogen and oxygen atoms in total. The van der Waals surface area contributed by atoms with Crippen LogP contribution in [-0.4, -0.2) is 63.8 Å². The van der Waals surface area contributed by atoms with Crippen molar-refractivity contribution in [2.75, 3.05) is 44.4 Å². The fourth-order valence-electron chi connectivity index (χ4n) is 3.56. The zero-order valence-electron chi connectivity index (χ0n) is 19.5. The molecule has 3 aromatic rings. The van der Waals surface area contributed by atoms with Crippen molar-refractivity contribution in [1.82, 2.24) is 9.88 Å². The van der Waals surface area contributed by atoms with Gasteiger partial charge in [0.15, 0.2) is 15.0 Å². The molecule has 0 aliphatic carbocycles. The maximum Gasteiger partial charge on any atom is 0.261 e. The number of carbonyl (C=O) groups excluding carboxylic acids is 1.